The lowest BCUT2D eigenvalue weighted by molar-refractivity contribution is 0.737. The van der Waals surface area contributed by atoms with Crippen LogP contribution < -0.4 is 0 Å². The smallest absolute Gasteiger partial charge is 0.0293 e. The number of hydrogen-bond acceptors (Lipinski definition) is 0. The molecule has 0 rings (SSSR count). The quantitative estimate of drug-likeness (QED) is 0.501. The van der Waals surface area contributed by atoms with Gasteiger partial charge in [0.25, 0.3) is 0 Å². The van der Waals surface area contributed by atoms with Gasteiger partial charge in [-0.3, -0.25) is 0 Å². The standard InChI is InChI=1S/C5H10.C4H10.C3H6/c1-4-5(2)3;1-4(2)3;1-3-2/h4-5H,1H2,2-3H3;4H,1-3H3;3H,1H2,2H3. The van der Waals surface area contributed by atoms with Crippen molar-refractivity contribution in [2.75, 3.05) is 0 Å². The van der Waals surface area contributed by atoms with Gasteiger partial charge in [-0.25, -0.2) is 0 Å². The van der Waals surface area contributed by atoms with Crippen molar-refractivity contribution >= 4 is 0 Å². The maximum Gasteiger partial charge on any atom is -0.0293 e. The highest BCUT2D eigenvalue weighted by Crippen LogP contribution is 1.87. The van der Waals surface area contributed by atoms with Gasteiger partial charge in [0.1, 0.15) is 0 Å². The molecule has 0 bridgehead atoms. The van der Waals surface area contributed by atoms with Gasteiger partial charge in [-0.05, 0) is 18.8 Å². The van der Waals surface area contributed by atoms with E-state index < -0.39 is 0 Å². The van der Waals surface area contributed by atoms with Gasteiger partial charge in [0, 0.05) is 0 Å². The molecule has 0 aliphatic rings. The van der Waals surface area contributed by atoms with Crippen molar-refractivity contribution in [2.45, 2.75) is 41.5 Å². The van der Waals surface area contributed by atoms with Crippen LogP contribution in [0.1, 0.15) is 41.5 Å². The minimum atomic E-state index is 0.648. The van der Waals surface area contributed by atoms with E-state index >= 15 is 0 Å². The fourth-order valence-corrected chi connectivity index (χ4v) is 0. The molecule has 0 fully saturated rings. The van der Waals surface area contributed by atoms with Crippen molar-refractivity contribution in [1.82, 2.24) is 0 Å². The largest absolute Gasteiger partial charge is 0.103 e. The number of rotatable bonds is 1. The van der Waals surface area contributed by atoms with Gasteiger partial charge in [-0.1, -0.05) is 46.8 Å². The van der Waals surface area contributed by atoms with E-state index in [1.165, 1.54) is 0 Å². The molecule has 0 aromatic rings. The Labute approximate surface area is 79.4 Å². The Morgan fingerprint density at radius 3 is 1.00 bits per heavy atom. The van der Waals surface area contributed by atoms with Gasteiger partial charge in [-0.15, -0.1) is 13.2 Å². The molecule has 0 radical (unpaired) electrons. The molecule has 0 aliphatic carbocycles. The van der Waals surface area contributed by atoms with Crippen molar-refractivity contribution < 1.29 is 0 Å². The van der Waals surface area contributed by atoms with E-state index in [4.69, 9.17) is 0 Å². The summed E-state index contributed by atoms with van der Waals surface area (Å²) in [6, 6.07) is 0. The maximum atomic E-state index is 3.56. The molecule has 12 heavy (non-hydrogen) atoms. The Morgan fingerprint density at radius 2 is 1.00 bits per heavy atom. The highest BCUT2D eigenvalue weighted by atomic mass is 13.8. The lowest BCUT2D eigenvalue weighted by Crippen LogP contribution is -1.71. The van der Waals surface area contributed by atoms with Crippen LogP contribution >= 0.6 is 0 Å². The predicted molar refractivity (Wildman–Crippen MR) is 61.4 cm³/mol. The van der Waals surface area contributed by atoms with Crippen LogP contribution in [0.5, 0.6) is 0 Å². The molecule has 0 nitrogen and oxygen atoms in total. The highest BCUT2D eigenvalue weighted by Gasteiger charge is 1.73. The van der Waals surface area contributed by atoms with Gasteiger partial charge in [0.2, 0.25) is 0 Å². The van der Waals surface area contributed by atoms with E-state index in [9.17, 15) is 0 Å². The van der Waals surface area contributed by atoms with Gasteiger partial charge in [0.15, 0.2) is 0 Å². The summed E-state index contributed by atoms with van der Waals surface area (Å²) in [6.45, 7) is 19.5. The molecule has 0 spiro atoms. The summed E-state index contributed by atoms with van der Waals surface area (Å²) < 4.78 is 0. The van der Waals surface area contributed by atoms with Crippen molar-refractivity contribution in [3.63, 3.8) is 0 Å². The molecular weight excluding hydrogens is 144 g/mol. The zero-order chi connectivity index (χ0) is 10.6. The molecule has 0 atom stereocenters. The molecule has 0 N–H and O–H groups in total. The first kappa shape index (κ1) is 17.5. The topological polar surface area (TPSA) is 0 Å². The van der Waals surface area contributed by atoms with E-state index in [0.29, 0.717) is 5.92 Å². The normalized spacial score (nSPS) is 7.67. The van der Waals surface area contributed by atoms with Crippen molar-refractivity contribution in [2.24, 2.45) is 11.8 Å². The van der Waals surface area contributed by atoms with E-state index in [0.717, 1.165) is 5.92 Å². The summed E-state index contributed by atoms with van der Waals surface area (Å²) >= 11 is 0. The second-order valence-electron chi connectivity index (χ2n) is 3.62. The predicted octanol–water partition coefficient (Wildman–Crippen LogP) is 4.68. The minimum absolute atomic E-state index is 0.648. The molecule has 0 aromatic heterocycles. The summed E-state index contributed by atoms with van der Waals surface area (Å²) in [6.07, 6.45) is 3.67. The van der Waals surface area contributed by atoms with Gasteiger partial charge >= 0.3 is 0 Å². The van der Waals surface area contributed by atoms with Crippen molar-refractivity contribution in [1.29, 1.82) is 0 Å². The molecule has 0 heteroatoms. The Kier molecular flexibility index (Phi) is 24.6. The zero-order valence-electron chi connectivity index (χ0n) is 9.72. The van der Waals surface area contributed by atoms with Gasteiger partial charge in [0.05, 0.1) is 0 Å². The van der Waals surface area contributed by atoms with Crippen LogP contribution in [0.3, 0.4) is 0 Å². The van der Waals surface area contributed by atoms with E-state index in [-0.39, 0.29) is 0 Å². The Bertz CT molecular complexity index is 75.3. The van der Waals surface area contributed by atoms with Gasteiger partial charge < -0.3 is 0 Å². The van der Waals surface area contributed by atoms with Crippen LogP contribution in [-0.4, -0.2) is 0 Å². The summed E-state index contributed by atoms with van der Waals surface area (Å²) in [5.41, 5.74) is 0. The molecule has 0 saturated heterocycles. The van der Waals surface area contributed by atoms with Crippen LogP contribution in [-0.2, 0) is 0 Å². The third-order valence-electron chi connectivity index (χ3n) is 0.471. The first-order valence-electron chi connectivity index (χ1n) is 4.61. The molecule has 74 valence electrons. The highest BCUT2D eigenvalue weighted by molar-refractivity contribution is 4.69. The summed E-state index contributed by atoms with van der Waals surface area (Å²) in [5, 5.41) is 0. The number of hydrogen-bond donors (Lipinski definition) is 0. The Balaban J connectivity index is -0.000000105. The van der Waals surface area contributed by atoms with Crippen LogP contribution in [0.4, 0.5) is 0 Å². The summed E-state index contributed by atoms with van der Waals surface area (Å²) in [4.78, 5) is 0. The molecule has 0 aromatic carbocycles. The SMILES string of the molecule is C=CC.C=CC(C)C.CC(C)C. The zero-order valence-corrected chi connectivity index (χ0v) is 9.72. The monoisotopic (exact) mass is 170 g/mol. The van der Waals surface area contributed by atoms with Gasteiger partial charge in [-0.2, -0.15) is 0 Å². The third kappa shape index (κ3) is 311. The molecule has 0 amide bonds. The van der Waals surface area contributed by atoms with E-state index in [1.54, 1.807) is 6.08 Å². The van der Waals surface area contributed by atoms with Crippen molar-refractivity contribution in [3.8, 4) is 0 Å². The van der Waals surface area contributed by atoms with Crippen LogP contribution in [0.25, 0.3) is 0 Å². The van der Waals surface area contributed by atoms with Crippen LogP contribution in [0, 0.1) is 11.8 Å². The molecule has 0 unspecified atom stereocenters. The summed E-state index contributed by atoms with van der Waals surface area (Å²) in [7, 11) is 0. The first-order chi connectivity index (χ1) is 5.42. The Morgan fingerprint density at radius 1 is 0.917 bits per heavy atom. The lowest BCUT2D eigenvalue weighted by atomic mass is 10.2. The Hall–Kier alpha value is -0.520. The fraction of sp³-hybridized carbons (Fsp3) is 0.667. The second-order valence-corrected chi connectivity index (χ2v) is 3.62. The van der Waals surface area contributed by atoms with E-state index in [2.05, 4.69) is 47.8 Å². The van der Waals surface area contributed by atoms with Crippen LogP contribution in [0.15, 0.2) is 25.3 Å². The minimum Gasteiger partial charge on any atom is -0.103 e. The first-order valence-corrected chi connectivity index (χ1v) is 4.61. The molecule has 0 heterocycles. The average molecular weight is 170 g/mol. The second kappa shape index (κ2) is 16.8. The maximum absolute atomic E-state index is 3.56. The van der Waals surface area contributed by atoms with Crippen LogP contribution in [0.2, 0.25) is 0 Å². The molecule has 0 aliphatic heterocycles. The number of allylic oxidation sites excluding steroid dienone is 2. The average Bonchev–Trinajstić information content (AvgIpc) is 1.88. The van der Waals surface area contributed by atoms with Crippen molar-refractivity contribution in [3.05, 3.63) is 25.3 Å². The van der Waals surface area contributed by atoms with E-state index in [1.807, 2.05) is 13.0 Å². The third-order valence-corrected chi connectivity index (χ3v) is 0.471. The molecule has 0 saturated carbocycles. The molecular formula is C12H26. The lowest BCUT2D eigenvalue weighted by Gasteiger charge is -1.84. The fourth-order valence-electron chi connectivity index (χ4n) is 0. The summed E-state index contributed by atoms with van der Waals surface area (Å²) in [5.74, 6) is 1.48.